The van der Waals surface area contributed by atoms with Crippen LogP contribution in [0.15, 0.2) is 45.4 Å². The van der Waals surface area contributed by atoms with Crippen molar-refractivity contribution in [1.29, 1.82) is 0 Å². The number of furan rings is 1. The third kappa shape index (κ3) is 2.13. The van der Waals surface area contributed by atoms with E-state index < -0.39 is 17.6 Å². The van der Waals surface area contributed by atoms with Crippen LogP contribution >= 0.6 is 0 Å². The molecule has 1 aliphatic heterocycles. The number of carbonyl (C=O) groups is 2. The van der Waals surface area contributed by atoms with Gasteiger partial charge in [0, 0.05) is 0 Å². The summed E-state index contributed by atoms with van der Waals surface area (Å²) in [6, 6.07) is 6.94. The third-order valence-corrected chi connectivity index (χ3v) is 3.87. The first-order valence-corrected chi connectivity index (χ1v) is 7.20. The fourth-order valence-corrected chi connectivity index (χ4v) is 2.64. The summed E-state index contributed by atoms with van der Waals surface area (Å²) < 4.78 is 24.1. The molecule has 1 aromatic carbocycles. The Morgan fingerprint density at radius 3 is 2.71 bits per heavy atom. The fraction of sp³-hybridized carbons (Fsp3) is 0.118. The summed E-state index contributed by atoms with van der Waals surface area (Å²) in [6.45, 7) is 1.64. The summed E-state index contributed by atoms with van der Waals surface area (Å²) in [7, 11) is 0. The SMILES string of the molecule is Cc1oc(-c2ccco2)nc1CN1C(=O)c2ccc(F)cc2C1=O. The van der Waals surface area contributed by atoms with Gasteiger partial charge in [-0.1, -0.05) is 0 Å². The molecule has 0 N–H and O–H groups in total. The van der Waals surface area contributed by atoms with Gasteiger partial charge in [0.15, 0.2) is 5.76 Å². The van der Waals surface area contributed by atoms with E-state index in [1.54, 1.807) is 19.1 Å². The molecule has 0 fully saturated rings. The molecule has 7 heteroatoms. The Labute approximate surface area is 135 Å². The molecule has 0 radical (unpaired) electrons. The van der Waals surface area contributed by atoms with Crippen LogP contribution in [0.25, 0.3) is 11.7 Å². The van der Waals surface area contributed by atoms with Crippen LogP contribution < -0.4 is 0 Å². The normalized spacial score (nSPS) is 13.7. The van der Waals surface area contributed by atoms with Crippen LogP contribution in [-0.4, -0.2) is 21.7 Å². The highest BCUT2D eigenvalue weighted by atomic mass is 19.1. The Balaban J connectivity index is 1.65. The van der Waals surface area contributed by atoms with E-state index >= 15 is 0 Å². The number of imide groups is 1. The molecule has 24 heavy (non-hydrogen) atoms. The molecule has 3 heterocycles. The predicted molar refractivity (Wildman–Crippen MR) is 79.5 cm³/mol. The van der Waals surface area contributed by atoms with Crippen molar-refractivity contribution in [3.8, 4) is 11.7 Å². The van der Waals surface area contributed by atoms with Crippen molar-refractivity contribution in [2.24, 2.45) is 0 Å². The standard InChI is InChI=1S/C17H11FN2O4/c1-9-13(19-15(24-9)14-3-2-6-23-14)8-20-16(21)11-5-4-10(18)7-12(11)17(20)22/h2-7H,8H2,1H3. The molecule has 0 aliphatic carbocycles. The summed E-state index contributed by atoms with van der Waals surface area (Å²) >= 11 is 0. The number of fused-ring (bicyclic) bond motifs is 1. The first kappa shape index (κ1) is 14.4. The molecular weight excluding hydrogens is 315 g/mol. The van der Waals surface area contributed by atoms with Gasteiger partial charge >= 0.3 is 0 Å². The number of aromatic nitrogens is 1. The molecular formula is C17H11FN2O4. The molecule has 0 bridgehead atoms. The van der Waals surface area contributed by atoms with E-state index in [0.29, 0.717) is 17.2 Å². The van der Waals surface area contributed by atoms with Crippen molar-refractivity contribution in [3.63, 3.8) is 0 Å². The molecule has 0 saturated carbocycles. The van der Waals surface area contributed by atoms with Crippen LogP contribution in [0.4, 0.5) is 4.39 Å². The maximum Gasteiger partial charge on any atom is 0.263 e. The molecule has 0 atom stereocenters. The Kier molecular flexibility index (Phi) is 3.09. The van der Waals surface area contributed by atoms with Crippen molar-refractivity contribution in [2.45, 2.75) is 13.5 Å². The van der Waals surface area contributed by atoms with Gasteiger partial charge in [0.1, 0.15) is 17.3 Å². The van der Waals surface area contributed by atoms with Crippen LogP contribution in [0, 0.1) is 12.7 Å². The van der Waals surface area contributed by atoms with Crippen molar-refractivity contribution in [3.05, 3.63) is 65.0 Å². The lowest BCUT2D eigenvalue weighted by Gasteiger charge is -2.11. The summed E-state index contributed by atoms with van der Waals surface area (Å²) in [4.78, 5) is 30.1. The van der Waals surface area contributed by atoms with Gasteiger partial charge in [0.05, 0.1) is 23.9 Å². The Hall–Kier alpha value is -3.22. The average Bonchev–Trinajstić information content (AvgIpc) is 3.25. The van der Waals surface area contributed by atoms with E-state index in [0.717, 1.165) is 17.0 Å². The lowest BCUT2D eigenvalue weighted by Crippen LogP contribution is -2.29. The highest BCUT2D eigenvalue weighted by Crippen LogP contribution is 2.27. The van der Waals surface area contributed by atoms with Crippen molar-refractivity contribution >= 4 is 11.8 Å². The van der Waals surface area contributed by atoms with Gasteiger partial charge in [-0.3, -0.25) is 14.5 Å². The molecule has 0 saturated heterocycles. The van der Waals surface area contributed by atoms with Gasteiger partial charge in [-0.05, 0) is 37.3 Å². The number of aryl methyl sites for hydroxylation is 1. The number of amides is 2. The monoisotopic (exact) mass is 326 g/mol. The first-order valence-electron chi connectivity index (χ1n) is 7.20. The molecule has 120 valence electrons. The molecule has 4 rings (SSSR count). The molecule has 6 nitrogen and oxygen atoms in total. The zero-order chi connectivity index (χ0) is 16.8. The van der Waals surface area contributed by atoms with Gasteiger partial charge in [-0.25, -0.2) is 9.37 Å². The topological polar surface area (TPSA) is 76.6 Å². The molecule has 0 spiro atoms. The summed E-state index contributed by atoms with van der Waals surface area (Å²) in [5.74, 6) is -0.379. The second-order valence-electron chi connectivity index (χ2n) is 5.39. The number of rotatable bonds is 3. The van der Waals surface area contributed by atoms with Crippen molar-refractivity contribution < 1.29 is 22.8 Å². The molecule has 2 aromatic heterocycles. The van der Waals surface area contributed by atoms with E-state index in [1.807, 2.05) is 0 Å². The Bertz CT molecular complexity index is 959. The van der Waals surface area contributed by atoms with Crippen LogP contribution in [0.5, 0.6) is 0 Å². The maximum atomic E-state index is 13.3. The molecule has 1 aliphatic rings. The minimum atomic E-state index is -0.561. The average molecular weight is 326 g/mol. The number of hydrogen-bond acceptors (Lipinski definition) is 5. The zero-order valence-electron chi connectivity index (χ0n) is 12.6. The van der Waals surface area contributed by atoms with E-state index in [-0.39, 0.29) is 23.6 Å². The van der Waals surface area contributed by atoms with Gasteiger partial charge in [0.25, 0.3) is 17.7 Å². The number of benzene rings is 1. The maximum absolute atomic E-state index is 13.3. The third-order valence-electron chi connectivity index (χ3n) is 3.87. The summed E-state index contributed by atoms with van der Waals surface area (Å²) in [6.07, 6.45) is 1.49. The lowest BCUT2D eigenvalue weighted by molar-refractivity contribution is 0.0640. The predicted octanol–water partition coefficient (Wildman–Crippen LogP) is 3.18. The second kappa shape index (κ2) is 5.16. The van der Waals surface area contributed by atoms with E-state index in [1.165, 1.54) is 12.3 Å². The number of carbonyl (C=O) groups excluding carboxylic acids is 2. The van der Waals surface area contributed by atoms with Crippen LogP contribution in [0.3, 0.4) is 0 Å². The Morgan fingerprint density at radius 1 is 1.17 bits per heavy atom. The highest BCUT2D eigenvalue weighted by Gasteiger charge is 2.36. The second-order valence-corrected chi connectivity index (χ2v) is 5.39. The van der Waals surface area contributed by atoms with Crippen LogP contribution in [0.1, 0.15) is 32.2 Å². The quantitative estimate of drug-likeness (QED) is 0.691. The van der Waals surface area contributed by atoms with Gasteiger partial charge < -0.3 is 8.83 Å². The summed E-state index contributed by atoms with van der Waals surface area (Å²) in [5, 5.41) is 0. The van der Waals surface area contributed by atoms with Gasteiger partial charge in [0.2, 0.25) is 0 Å². The minimum Gasteiger partial charge on any atom is -0.459 e. The first-order chi connectivity index (χ1) is 11.5. The van der Waals surface area contributed by atoms with E-state index in [9.17, 15) is 14.0 Å². The fourth-order valence-electron chi connectivity index (χ4n) is 2.64. The molecule has 0 unspecified atom stereocenters. The van der Waals surface area contributed by atoms with Gasteiger partial charge in [-0.2, -0.15) is 0 Å². The zero-order valence-corrected chi connectivity index (χ0v) is 12.6. The number of oxazole rings is 1. The molecule has 3 aromatic rings. The van der Waals surface area contributed by atoms with Crippen LogP contribution in [-0.2, 0) is 6.54 Å². The minimum absolute atomic E-state index is 0.0516. The van der Waals surface area contributed by atoms with E-state index in [4.69, 9.17) is 8.83 Å². The summed E-state index contributed by atoms with van der Waals surface area (Å²) in [5.41, 5.74) is 0.692. The van der Waals surface area contributed by atoms with Crippen LogP contribution in [0.2, 0.25) is 0 Å². The number of nitrogens with zero attached hydrogens (tertiary/aromatic N) is 2. The Morgan fingerprint density at radius 2 is 1.96 bits per heavy atom. The van der Waals surface area contributed by atoms with Crippen molar-refractivity contribution in [2.75, 3.05) is 0 Å². The van der Waals surface area contributed by atoms with E-state index in [2.05, 4.69) is 4.98 Å². The smallest absolute Gasteiger partial charge is 0.263 e. The van der Waals surface area contributed by atoms with Crippen molar-refractivity contribution in [1.82, 2.24) is 9.88 Å². The number of halogens is 1. The number of hydrogen-bond donors (Lipinski definition) is 0. The lowest BCUT2D eigenvalue weighted by atomic mass is 10.1. The highest BCUT2D eigenvalue weighted by molar-refractivity contribution is 6.21. The van der Waals surface area contributed by atoms with Gasteiger partial charge in [-0.15, -0.1) is 0 Å². The molecule has 2 amide bonds. The largest absolute Gasteiger partial charge is 0.459 e.